The molecule has 1 fully saturated rings. The zero-order chi connectivity index (χ0) is 18.6. The van der Waals surface area contributed by atoms with E-state index in [4.69, 9.17) is 4.74 Å². The smallest absolute Gasteiger partial charge is 0.227 e. The number of hydrogen-bond donors (Lipinski definition) is 0. The highest BCUT2D eigenvalue weighted by Gasteiger charge is 2.21. The van der Waals surface area contributed by atoms with Crippen molar-refractivity contribution in [3.63, 3.8) is 0 Å². The molecular formula is C23H24N2O2. The van der Waals surface area contributed by atoms with Gasteiger partial charge >= 0.3 is 0 Å². The number of nitrogens with zero attached hydrogens (tertiary/aromatic N) is 2. The van der Waals surface area contributed by atoms with E-state index in [0.29, 0.717) is 6.42 Å². The molecular weight excluding hydrogens is 336 g/mol. The number of benzene rings is 3. The Morgan fingerprint density at radius 2 is 1.59 bits per heavy atom. The summed E-state index contributed by atoms with van der Waals surface area (Å²) in [6, 6.07) is 22.6. The van der Waals surface area contributed by atoms with Crippen LogP contribution >= 0.6 is 0 Å². The second-order valence-corrected chi connectivity index (χ2v) is 6.88. The van der Waals surface area contributed by atoms with Crippen molar-refractivity contribution in [3.05, 3.63) is 72.3 Å². The second kappa shape index (κ2) is 7.70. The van der Waals surface area contributed by atoms with Crippen LogP contribution in [0, 0.1) is 0 Å². The Morgan fingerprint density at radius 1 is 0.889 bits per heavy atom. The Bertz CT molecular complexity index is 923. The first-order valence-corrected chi connectivity index (χ1v) is 9.38. The quantitative estimate of drug-likeness (QED) is 0.711. The van der Waals surface area contributed by atoms with E-state index >= 15 is 0 Å². The van der Waals surface area contributed by atoms with E-state index in [1.54, 1.807) is 7.11 Å². The standard InChI is InChI=1S/C23H24N2O2/c1-27-21-11-9-20(10-12-21)24-13-15-25(16-14-24)23(26)17-19-7-4-6-18-5-2-3-8-22(18)19/h2-12H,13-17H2,1H3. The molecule has 0 aromatic heterocycles. The van der Waals surface area contributed by atoms with E-state index in [1.165, 1.54) is 16.5 Å². The van der Waals surface area contributed by atoms with Gasteiger partial charge in [0.25, 0.3) is 0 Å². The van der Waals surface area contributed by atoms with Gasteiger partial charge in [0, 0.05) is 31.9 Å². The number of fused-ring (bicyclic) bond motifs is 1. The fourth-order valence-corrected chi connectivity index (χ4v) is 3.73. The van der Waals surface area contributed by atoms with Crippen molar-refractivity contribution in [1.29, 1.82) is 0 Å². The number of piperazine rings is 1. The summed E-state index contributed by atoms with van der Waals surface area (Å²) >= 11 is 0. The van der Waals surface area contributed by atoms with Crippen LogP contribution in [0.3, 0.4) is 0 Å². The molecule has 0 bridgehead atoms. The summed E-state index contributed by atoms with van der Waals surface area (Å²) in [4.78, 5) is 17.1. The number of anilines is 1. The van der Waals surface area contributed by atoms with Crippen molar-refractivity contribution in [2.45, 2.75) is 6.42 Å². The Labute approximate surface area is 160 Å². The van der Waals surface area contributed by atoms with Crippen LogP contribution in [-0.4, -0.2) is 44.1 Å². The normalized spacial score (nSPS) is 14.4. The van der Waals surface area contributed by atoms with Gasteiger partial charge in [-0.2, -0.15) is 0 Å². The summed E-state index contributed by atoms with van der Waals surface area (Å²) in [5.74, 6) is 1.07. The van der Waals surface area contributed by atoms with Crippen LogP contribution < -0.4 is 9.64 Å². The van der Waals surface area contributed by atoms with Gasteiger partial charge in [0.05, 0.1) is 13.5 Å². The number of methoxy groups -OCH3 is 1. The molecule has 1 aliphatic heterocycles. The molecule has 1 saturated heterocycles. The largest absolute Gasteiger partial charge is 0.497 e. The molecule has 1 amide bonds. The maximum Gasteiger partial charge on any atom is 0.227 e. The first kappa shape index (κ1) is 17.4. The molecule has 3 aromatic rings. The summed E-state index contributed by atoms with van der Waals surface area (Å²) in [5, 5.41) is 2.36. The van der Waals surface area contributed by atoms with Crippen molar-refractivity contribution >= 4 is 22.4 Å². The third kappa shape index (κ3) is 3.75. The number of hydrogen-bond acceptors (Lipinski definition) is 3. The number of rotatable bonds is 4. The van der Waals surface area contributed by atoms with Crippen molar-refractivity contribution in [2.75, 3.05) is 38.2 Å². The Balaban J connectivity index is 1.39. The zero-order valence-electron chi connectivity index (χ0n) is 15.6. The minimum absolute atomic E-state index is 0.209. The average molecular weight is 360 g/mol. The molecule has 3 aromatic carbocycles. The number of carbonyl (C=O) groups is 1. The minimum atomic E-state index is 0.209. The molecule has 1 aliphatic rings. The van der Waals surface area contributed by atoms with Gasteiger partial charge in [0.15, 0.2) is 0 Å². The molecule has 27 heavy (non-hydrogen) atoms. The Morgan fingerprint density at radius 3 is 2.33 bits per heavy atom. The van der Waals surface area contributed by atoms with Crippen LogP contribution in [-0.2, 0) is 11.2 Å². The van der Waals surface area contributed by atoms with Gasteiger partial charge in [-0.05, 0) is 40.6 Å². The van der Waals surface area contributed by atoms with Gasteiger partial charge in [-0.1, -0.05) is 42.5 Å². The summed E-state index contributed by atoms with van der Waals surface area (Å²) in [6.07, 6.45) is 0.462. The van der Waals surface area contributed by atoms with Gasteiger partial charge in [-0.25, -0.2) is 0 Å². The van der Waals surface area contributed by atoms with Gasteiger partial charge < -0.3 is 14.5 Å². The van der Waals surface area contributed by atoms with Crippen LogP contribution in [0.5, 0.6) is 5.75 Å². The highest BCUT2D eigenvalue weighted by atomic mass is 16.5. The third-order valence-electron chi connectivity index (χ3n) is 5.29. The molecule has 0 N–H and O–H groups in total. The predicted molar refractivity (Wildman–Crippen MR) is 109 cm³/mol. The molecule has 0 saturated carbocycles. The fourth-order valence-electron chi connectivity index (χ4n) is 3.73. The maximum atomic E-state index is 12.8. The lowest BCUT2D eigenvalue weighted by Crippen LogP contribution is -2.49. The van der Waals surface area contributed by atoms with E-state index < -0.39 is 0 Å². The van der Waals surface area contributed by atoms with E-state index in [9.17, 15) is 4.79 Å². The van der Waals surface area contributed by atoms with Crippen LogP contribution in [0.1, 0.15) is 5.56 Å². The summed E-state index contributed by atoms with van der Waals surface area (Å²) in [7, 11) is 1.68. The molecule has 0 radical (unpaired) electrons. The zero-order valence-corrected chi connectivity index (χ0v) is 15.6. The predicted octanol–water partition coefficient (Wildman–Crippen LogP) is 3.74. The summed E-state index contributed by atoms with van der Waals surface area (Å²) in [5.41, 5.74) is 2.28. The van der Waals surface area contributed by atoms with E-state index in [0.717, 1.165) is 37.5 Å². The molecule has 4 nitrogen and oxygen atoms in total. The molecule has 4 heteroatoms. The van der Waals surface area contributed by atoms with E-state index in [1.807, 2.05) is 35.2 Å². The van der Waals surface area contributed by atoms with Gasteiger partial charge in [-0.15, -0.1) is 0 Å². The highest BCUT2D eigenvalue weighted by Crippen LogP contribution is 2.22. The molecule has 0 aliphatic carbocycles. The number of amides is 1. The molecule has 0 unspecified atom stereocenters. The number of ether oxygens (including phenoxy) is 1. The molecule has 138 valence electrons. The Kier molecular flexibility index (Phi) is 4.97. The van der Waals surface area contributed by atoms with Crippen molar-refractivity contribution in [3.8, 4) is 5.75 Å². The van der Waals surface area contributed by atoms with Crippen LogP contribution in [0.2, 0.25) is 0 Å². The molecule has 4 rings (SSSR count). The van der Waals surface area contributed by atoms with Crippen molar-refractivity contribution in [2.24, 2.45) is 0 Å². The van der Waals surface area contributed by atoms with Crippen LogP contribution in [0.4, 0.5) is 5.69 Å². The number of carbonyl (C=O) groups excluding carboxylic acids is 1. The second-order valence-electron chi connectivity index (χ2n) is 6.88. The van der Waals surface area contributed by atoms with Crippen LogP contribution in [0.15, 0.2) is 66.7 Å². The fraction of sp³-hybridized carbons (Fsp3) is 0.261. The SMILES string of the molecule is COc1ccc(N2CCN(C(=O)Cc3cccc4ccccc34)CC2)cc1. The first-order valence-electron chi connectivity index (χ1n) is 9.38. The third-order valence-corrected chi connectivity index (χ3v) is 5.29. The molecule has 0 atom stereocenters. The lowest BCUT2D eigenvalue weighted by molar-refractivity contribution is -0.130. The minimum Gasteiger partial charge on any atom is -0.497 e. The van der Waals surface area contributed by atoms with Crippen molar-refractivity contribution < 1.29 is 9.53 Å². The van der Waals surface area contributed by atoms with Gasteiger partial charge in [-0.3, -0.25) is 4.79 Å². The summed E-state index contributed by atoms with van der Waals surface area (Å²) < 4.78 is 5.22. The average Bonchev–Trinajstić information content (AvgIpc) is 2.74. The molecule has 1 heterocycles. The van der Waals surface area contributed by atoms with Crippen LogP contribution in [0.25, 0.3) is 10.8 Å². The topological polar surface area (TPSA) is 32.8 Å². The van der Waals surface area contributed by atoms with Crippen molar-refractivity contribution in [1.82, 2.24) is 4.90 Å². The first-order chi connectivity index (χ1) is 13.2. The van der Waals surface area contributed by atoms with E-state index in [-0.39, 0.29) is 5.91 Å². The lowest BCUT2D eigenvalue weighted by atomic mass is 10.0. The monoisotopic (exact) mass is 360 g/mol. The lowest BCUT2D eigenvalue weighted by Gasteiger charge is -2.36. The maximum absolute atomic E-state index is 12.8. The Hall–Kier alpha value is -3.01. The summed E-state index contributed by atoms with van der Waals surface area (Å²) in [6.45, 7) is 3.23. The molecule has 0 spiro atoms. The van der Waals surface area contributed by atoms with Gasteiger partial charge in [0.1, 0.15) is 5.75 Å². The van der Waals surface area contributed by atoms with Gasteiger partial charge in [0.2, 0.25) is 5.91 Å². The highest BCUT2D eigenvalue weighted by molar-refractivity contribution is 5.90. The van der Waals surface area contributed by atoms with E-state index in [2.05, 4.69) is 41.3 Å².